The lowest BCUT2D eigenvalue weighted by Gasteiger charge is -2.27. The zero-order chi connectivity index (χ0) is 21.7. The normalized spacial score (nSPS) is 19.0. The molecule has 1 atom stereocenters. The molecule has 1 N–H and O–H groups in total. The molecule has 1 aromatic heterocycles. The van der Waals surface area contributed by atoms with Gasteiger partial charge in [-0.05, 0) is 74.3 Å². The molecule has 0 radical (unpaired) electrons. The number of hydrogen-bond donors (Lipinski definition) is 1. The Morgan fingerprint density at radius 2 is 1.68 bits per heavy atom. The fourth-order valence-electron chi connectivity index (χ4n) is 4.41. The second-order valence-electron chi connectivity index (χ2n) is 8.33. The molecule has 8 heteroatoms. The van der Waals surface area contributed by atoms with Crippen LogP contribution >= 0.6 is 11.3 Å². The first-order chi connectivity index (χ1) is 15.0. The van der Waals surface area contributed by atoms with Crippen molar-refractivity contribution in [1.82, 2.24) is 14.5 Å². The summed E-state index contributed by atoms with van der Waals surface area (Å²) in [7, 11) is -3.38. The van der Waals surface area contributed by atoms with Crippen molar-refractivity contribution in [3.05, 3.63) is 52.2 Å². The molecule has 4 rings (SSSR count). The number of nitrogens with zero attached hydrogens (tertiary/aromatic N) is 2. The maximum atomic E-state index is 12.6. The summed E-state index contributed by atoms with van der Waals surface area (Å²) in [6.45, 7) is 4.02. The number of likely N-dealkylation sites (tertiary alicyclic amines) is 1. The number of carbonyl (C=O) groups excluding carboxylic acids is 1. The van der Waals surface area contributed by atoms with E-state index in [2.05, 4.69) is 27.7 Å². The Morgan fingerprint density at radius 1 is 1.00 bits per heavy atom. The van der Waals surface area contributed by atoms with Crippen LogP contribution in [-0.2, 0) is 21.2 Å². The highest BCUT2D eigenvalue weighted by Crippen LogP contribution is 2.28. The Bertz CT molecular complexity index is 946. The fourth-order valence-corrected chi connectivity index (χ4v) is 6.78. The topological polar surface area (TPSA) is 69.7 Å². The van der Waals surface area contributed by atoms with Gasteiger partial charge in [0, 0.05) is 30.9 Å². The minimum atomic E-state index is -3.38. The number of benzene rings is 1. The van der Waals surface area contributed by atoms with Crippen LogP contribution in [-0.4, -0.2) is 56.3 Å². The van der Waals surface area contributed by atoms with E-state index in [9.17, 15) is 13.2 Å². The molecule has 168 valence electrons. The number of amides is 1. The zero-order valence-corrected chi connectivity index (χ0v) is 19.5. The Hall–Kier alpha value is -1.74. The largest absolute Gasteiger partial charge is 0.354 e. The van der Waals surface area contributed by atoms with Gasteiger partial charge in [-0.25, -0.2) is 8.42 Å². The summed E-state index contributed by atoms with van der Waals surface area (Å²) in [5.74, 6) is 0.0366. The van der Waals surface area contributed by atoms with Crippen molar-refractivity contribution in [2.24, 2.45) is 0 Å². The molecule has 3 heterocycles. The third-order valence-electron chi connectivity index (χ3n) is 6.21. The molecule has 31 heavy (non-hydrogen) atoms. The van der Waals surface area contributed by atoms with E-state index < -0.39 is 10.0 Å². The van der Waals surface area contributed by atoms with Crippen molar-refractivity contribution >= 4 is 27.3 Å². The van der Waals surface area contributed by atoms with Crippen molar-refractivity contribution in [1.29, 1.82) is 0 Å². The third kappa shape index (κ3) is 5.55. The monoisotopic (exact) mass is 461 g/mol. The Kier molecular flexibility index (Phi) is 7.43. The average Bonchev–Trinajstić information content (AvgIpc) is 3.56. The maximum Gasteiger partial charge on any atom is 0.243 e. The highest BCUT2D eigenvalue weighted by Gasteiger charge is 2.27. The SMILES string of the molecule is O=C(CCc1ccc(S(=O)(=O)N2CCCC2)cc1)NCC(c1cccs1)N1CCCC1. The van der Waals surface area contributed by atoms with E-state index in [-0.39, 0.29) is 11.9 Å². The first kappa shape index (κ1) is 22.5. The highest BCUT2D eigenvalue weighted by atomic mass is 32.2. The van der Waals surface area contributed by atoms with Gasteiger partial charge in [-0.15, -0.1) is 11.3 Å². The van der Waals surface area contributed by atoms with Crippen LogP contribution in [0.4, 0.5) is 0 Å². The van der Waals surface area contributed by atoms with Gasteiger partial charge >= 0.3 is 0 Å². The number of rotatable bonds is 9. The standard InChI is InChI=1S/C23H31N3O3S2/c27-23(24-18-21(22-6-5-17-30-22)25-13-1-2-14-25)12-9-19-7-10-20(11-8-19)31(28,29)26-15-3-4-16-26/h5-8,10-11,17,21H,1-4,9,12-16,18H2,(H,24,27). The van der Waals surface area contributed by atoms with Crippen LogP contribution in [0.2, 0.25) is 0 Å². The van der Waals surface area contributed by atoms with Gasteiger partial charge in [-0.1, -0.05) is 18.2 Å². The van der Waals surface area contributed by atoms with Gasteiger partial charge in [-0.3, -0.25) is 9.69 Å². The van der Waals surface area contributed by atoms with E-state index >= 15 is 0 Å². The molecule has 2 aliphatic heterocycles. The molecule has 0 spiro atoms. The molecule has 1 aromatic carbocycles. The Labute approximate surface area is 189 Å². The van der Waals surface area contributed by atoms with Gasteiger partial charge < -0.3 is 5.32 Å². The van der Waals surface area contributed by atoms with Crippen molar-refractivity contribution in [2.75, 3.05) is 32.7 Å². The van der Waals surface area contributed by atoms with Crippen LogP contribution < -0.4 is 5.32 Å². The van der Waals surface area contributed by atoms with Crippen LogP contribution in [0.1, 0.15) is 48.6 Å². The summed E-state index contributed by atoms with van der Waals surface area (Å²) in [6.07, 6.45) is 5.30. The summed E-state index contributed by atoms with van der Waals surface area (Å²) >= 11 is 1.75. The summed E-state index contributed by atoms with van der Waals surface area (Å²) in [4.78, 5) is 16.6. The molecule has 6 nitrogen and oxygen atoms in total. The number of carbonyl (C=O) groups is 1. The van der Waals surface area contributed by atoms with E-state index in [0.717, 1.165) is 31.5 Å². The highest BCUT2D eigenvalue weighted by molar-refractivity contribution is 7.89. The predicted molar refractivity (Wildman–Crippen MR) is 124 cm³/mol. The predicted octanol–water partition coefficient (Wildman–Crippen LogP) is 3.42. The fraction of sp³-hybridized carbons (Fsp3) is 0.522. The molecule has 1 amide bonds. The molecular weight excluding hydrogens is 430 g/mol. The summed E-state index contributed by atoms with van der Waals surface area (Å²) in [5, 5.41) is 5.21. The molecule has 0 bridgehead atoms. The number of sulfonamides is 1. The first-order valence-electron chi connectivity index (χ1n) is 11.2. The maximum absolute atomic E-state index is 12.6. The van der Waals surface area contributed by atoms with Gasteiger partial charge in [0.05, 0.1) is 10.9 Å². The molecule has 2 aliphatic rings. The summed E-state index contributed by atoms with van der Waals surface area (Å²) < 4.78 is 26.8. The second kappa shape index (κ2) is 10.3. The summed E-state index contributed by atoms with van der Waals surface area (Å²) in [6, 6.07) is 11.5. The van der Waals surface area contributed by atoms with E-state index in [4.69, 9.17) is 0 Å². The van der Waals surface area contributed by atoms with Gasteiger partial charge in [0.2, 0.25) is 15.9 Å². The minimum Gasteiger partial charge on any atom is -0.354 e. The molecular formula is C23H31N3O3S2. The van der Waals surface area contributed by atoms with Crippen LogP contribution in [0.3, 0.4) is 0 Å². The molecule has 2 saturated heterocycles. The lowest BCUT2D eigenvalue weighted by Crippen LogP contribution is -2.36. The number of aryl methyl sites for hydroxylation is 1. The van der Waals surface area contributed by atoms with E-state index in [1.54, 1.807) is 27.8 Å². The van der Waals surface area contributed by atoms with Gasteiger partial charge in [0.1, 0.15) is 0 Å². The van der Waals surface area contributed by atoms with Crippen LogP contribution in [0.15, 0.2) is 46.7 Å². The minimum absolute atomic E-state index is 0.0366. The molecule has 1 unspecified atom stereocenters. The quantitative estimate of drug-likeness (QED) is 0.621. The van der Waals surface area contributed by atoms with Crippen molar-refractivity contribution in [3.8, 4) is 0 Å². The molecule has 2 fully saturated rings. The lowest BCUT2D eigenvalue weighted by atomic mass is 10.1. The lowest BCUT2D eigenvalue weighted by molar-refractivity contribution is -0.121. The molecule has 0 saturated carbocycles. The Balaban J connectivity index is 1.28. The zero-order valence-electron chi connectivity index (χ0n) is 17.8. The smallest absolute Gasteiger partial charge is 0.243 e. The molecule has 2 aromatic rings. The van der Waals surface area contributed by atoms with Gasteiger partial charge in [0.15, 0.2) is 0 Å². The second-order valence-corrected chi connectivity index (χ2v) is 11.3. The van der Waals surface area contributed by atoms with Gasteiger partial charge in [-0.2, -0.15) is 4.31 Å². The van der Waals surface area contributed by atoms with E-state index in [1.807, 2.05) is 12.1 Å². The van der Waals surface area contributed by atoms with E-state index in [0.29, 0.717) is 37.4 Å². The van der Waals surface area contributed by atoms with Crippen LogP contribution in [0.5, 0.6) is 0 Å². The number of hydrogen-bond acceptors (Lipinski definition) is 5. The van der Waals surface area contributed by atoms with Gasteiger partial charge in [0.25, 0.3) is 0 Å². The van der Waals surface area contributed by atoms with E-state index in [1.165, 1.54) is 17.7 Å². The number of nitrogens with one attached hydrogen (secondary N) is 1. The van der Waals surface area contributed by atoms with Crippen molar-refractivity contribution in [2.45, 2.75) is 49.5 Å². The van der Waals surface area contributed by atoms with Crippen LogP contribution in [0.25, 0.3) is 0 Å². The third-order valence-corrected chi connectivity index (χ3v) is 9.10. The number of thiophene rings is 1. The van der Waals surface area contributed by atoms with Crippen LogP contribution in [0, 0.1) is 0 Å². The summed E-state index contributed by atoms with van der Waals surface area (Å²) in [5.41, 5.74) is 0.977. The first-order valence-corrected chi connectivity index (χ1v) is 13.5. The molecule has 0 aliphatic carbocycles. The van der Waals surface area contributed by atoms with Crippen molar-refractivity contribution in [3.63, 3.8) is 0 Å². The Morgan fingerprint density at radius 3 is 2.32 bits per heavy atom. The average molecular weight is 462 g/mol. The van der Waals surface area contributed by atoms with Crippen molar-refractivity contribution < 1.29 is 13.2 Å².